The first-order valence-corrected chi connectivity index (χ1v) is 9.35. The van der Waals surface area contributed by atoms with Crippen molar-refractivity contribution in [2.45, 2.75) is 26.8 Å². The van der Waals surface area contributed by atoms with Crippen molar-refractivity contribution in [3.8, 4) is 5.75 Å². The van der Waals surface area contributed by atoms with Crippen LogP contribution in [0.15, 0.2) is 53.8 Å². The Labute approximate surface area is 169 Å². The molecule has 0 radical (unpaired) electrons. The van der Waals surface area contributed by atoms with Gasteiger partial charge in [0.1, 0.15) is 5.75 Å². The second kappa shape index (κ2) is 7.68. The molecule has 0 aromatic heterocycles. The molecular formula is C22H22ClNO4. The quantitative estimate of drug-likeness (QED) is 0.785. The lowest BCUT2D eigenvalue weighted by Gasteiger charge is -2.28. The highest BCUT2D eigenvalue weighted by Crippen LogP contribution is 2.43. The van der Waals surface area contributed by atoms with Gasteiger partial charge in [-0.05, 0) is 30.7 Å². The molecule has 146 valence electrons. The zero-order chi connectivity index (χ0) is 20.6. The molecule has 0 bridgehead atoms. The Hall–Kier alpha value is -2.79. The van der Waals surface area contributed by atoms with Gasteiger partial charge in [-0.15, -0.1) is 0 Å². The van der Waals surface area contributed by atoms with Gasteiger partial charge in [0.05, 0.1) is 23.7 Å². The summed E-state index contributed by atoms with van der Waals surface area (Å²) in [6.07, 6.45) is 0. The van der Waals surface area contributed by atoms with E-state index in [2.05, 4.69) is 0 Å². The lowest BCUT2D eigenvalue weighted by atomic mass is 9.90. The van der Waals surface area contributed by atoms with Gasteiger partial charge in [0, 0.05) is 11.6 Å². The standard InChI is InChI=1S/C22H22ClNO4/c1-12(2)20(25)18-19(14-7-5-6-13(3)10-14)24(22(27)21(18)26)15-8-9-17(28-4)16(23)11-15/h5-12,19,26H,1-4H3. The Morgan fingerprint density at radius 3 is 2.50 bits per heavy atom. The van der Waals surface area contributed by atoms with Crippen molar-refractivity contribution < 1.29 is 19.4 Å². The number of carbonyl (C=O) groups is 2. The molecule has 1 unspecified atom stereocenters. The summed E-state index contributed by atoms with van der Waals surface area (Å²) in [5, 5.41) is 10.9. The Balaban J connectivity index is 2.20. The van der Waals surface area contributed by atoms with E-state index < -0.39 is 17.7 Å². The van der Waals surface area contributed by atoms with Gasteiger partial charge >= 0.3 is 0 Å². The molecule has 28 heavy (non-hydrogen) atoms. The maximum atomic E-state index is 13.0. The van der Waals surface area contributed by atoms with E-state index in [0.717, 1.165) is 11.1 Å². The van der Waals surface area contributed by atoms with Gasteiger partial charge in [-0.1, -0.05) is 55.3 Å². The summed E-state index contributed by atoms with van der Waals surface area (Å²) in [7, 11) is 1.50. The fourth-order valence-corrected chi connectivity index (χ4v) is 3.65. The summed E-state index contributed by atoms with van der Waals surface area (Å²) in [5.41, 5.74) is 2.31. The Morgan fingerprint density at radius 1 is 1.21 bits per heavy atom. The van der Waals surface area contributed by atoms with Crippen molar-refractivity contribution in [1.82, 2.24) is 0 Å². The monoisotopic (exact) mass is 399 g/mol. The number of ether oxygens (including phenoxy) is 1. The number of amides is 1. The van der Waals surface area contributed by atoms with Crippen LogP contribution in [0.3, 0.4) is 0 Å². The SMILES string of the molecule is COc1ccc(N2C(=O)C(O)=C(C(=O)C(C)C)C2c2cccc(C)c2)cc1Cl. The number of methoxy groups -OCH3 is 1. The van der Waals surface area contributed by atoms with Crippen molar-refractivity contribution in [3.05, 3.63) is 69.9 Å². The summed E-state index contributed by atoms with van der Waals surface area (Å²) in [6.45, 7) is 5.42. The molecule has 6 heteroatoms. The number of hydrogen-bond donors (Lipinski definition) is 1. The normalized spacial score (nSPS) is 16.9. The van der Waals surface area contributed by atoms with Crippen molar-refractivity contribution in [1.29, 1.82) is 0 Å². The number of halogens is 1. The molecule has 0 saturated carbocycles. The van der Waals surface area contributed by atoms with Crippen LogP contribution in [0.4, 0.5) is 5.69 Å². The number of nitrogens with zero attached hydrogens (tertiary/aromatic N) is 1. The summed E-state index contributed by atoms with van der Waals surface area (Å²) in [6, 6.07) is 11.7. The number of hydrogen-bond acceptors (Lipinski definition) is 4. The highest BCUT2D eigenvalue weighted by Gasteiger charge is 2.44. The third-order valence-corrected chi connectivity index (χ3v) is 5.06. The van der Waals surface area contributed by atoms with Crippen molar-refractivity contribution in [2.75, 3.05) is 12.0 Å². The number of carbonyl (C=O) groups excluding carboxylic acids is 2. The van der Waals surface area contributed by atoms with Gasteiger partial charge in [0.25, 0.3) is 5.91 Å². The first kappa shape index (κ1) is 20.0. The third-order valence-electron chi connectivity index (χ3n) is 4.77. The molecule has 0 aliphatic carbocycles. The van der Waals surface area contributed by atoms with Crippen LogP contribution in [0.5, 0.6) is 5.75 Å². The molecule has 0 spiro atoms. The van der Waals surface area contributed by atoms with E-state index in [0.29, 0.717) is 16.5 Å². The predicted octanol–water partition coefficient (Wildman–Crippen LogP) is 4.78. The molecule has 2 aromatic rings. The van der Waals surface area contributed by atoms with Gasteiger partial charge in [-0.25, -0.2) is 0 Å². The average molecular weight is 400 g/mol. The van der Waals surface area contributed by atoms with E-state index >= 15 is 0 Å². The molecule has 1 aliphatic rings. The van der Waals surface area contributed by atoms with E-state index in [1.54, 1.807) is 32.0 Å². The van der Waals surface area contributed by atoms with E-state index in [1.807, 2.05) is 31.2 Å². The zero-order valence-electron chi connectivity index (χ0n) is 16.2. The van der Waals surface area contributed by atoms with Crippen LogP contribution >= 0.6 is 11.6 Å². The number of rotatable bonds is 5. The molecule has 1 heterocycles. The minimum Gasteiger partial charge on any atom is -0.503 e. The number of aliphatic hydroxyl groups is 1. The summed E-state index contributed by atoms with van der Waals surface area (Å²) in [5.74, 6) is -1.30. The van der Waals surface area contributed by atoms with Crippen molar-refractivity contribution >= 4 is 29.0 Å². The topological polar surface area (TPSA) is 66.8 Å². The molecule has 0 saturated heterocycles. The van der Waals surface area contributed by atoms with Gasteiger partial charge in [-0.2, -0.15) is 0 Å². The maximum absolute atomic E-state index is 13.0. The summed E-state index contributed by atoms with van der Waals surface area (Å²) < 4.78 is 5.18. The molecule has 1 atom stereocenters. The van der Waals surface area contributed by atoms with Crippen LogP contribution in [-0.2, 0) is 9.59 Å². The van der Waals surface area contributed by atoms with Crippen LogP contribution in [0.1, 0.15) is 31.0 Å². The number of benzene rings is 2. The first-order chi connectivity index (χ1) is 13.3. The second-order valence-corrected chi connectivity index (χ2v) is 7.50. The summed E-state index contributed by atoms with van der Waals surface area (Å²) >= 11 is 6.25. The number of aliphatic hydroxyl groups excluding tert-OH is 1. The third kappa shape index (κ3) is 3.38. The van der Waals surface area contributed by atoms with Crippen LogP contribution in [0.25, 0.3) is 0 Å². The van der Waals surface area contributed by atoms with Gasteiger partial charge in [-0.3, -0.25) is 14.5 Å². The molecule has 1 amide bonds. The molecule has 1 N–H and O–H groups in total. The Morgan fingerprint density at radius 2 is 1.93 bits per heavy atom. The highest BCUT2D eigenvalue weighted by molar-refractivity contribution is 6.32. The molecule has 1 aliphatic heterocycles. The number of Topliss-reactive ketones (excluding diaryl/α,β-unsaturated/α-hetero) is 1. The predicted molar refractivity (Wildman–Crippen MR) is 109 cm³/mol. The molecule has 0 fully saturated rings. The largest absolute Gasteiger partial charge is 0.503 e. The van der Waals surface area contributed by atoms with Crippen molar-refractivity contribution in [3.63, 3.8) is 0 Å². The lowest BCUT2D eigenvalue weighted by molar-refractivity contribution is -0.119. The van der Waals surface area contributed by atoms with Crippen LogP contribution in [-0.4, -0.2) is 23.9 Å². The number of anilines is 1. The van der Waals surface area contributed by atoms with E-state index in [1.165, 1.54) is 12.0 Å². The smallest absolute Gasteiger partial charge is 0.294 e. The van der Waals surface area contributed by atoms with Gasteiger partial charge in [0.2, 0.25) is 0 Å². The molecule has 3 rings (SSSR count). The Kier molecular flexibility index (Phi) is 5.47. The highest BCUT2D eigenvalue weighted by atomic mass is 35.5. The Bertz CT molecular complexity index is 980. The van der Waals surface area contributed by atoms with E-state index in [4.69, 9.17) is 16.3 Å². The number of ketones is 1. The van der Waals surface area contributed by atoms with Crippen LogP contribution < -0.4 is 9.64 Å². The molecule has 5 nitrogen and oxygen atoms in total. The number of aryl methyl sites for hydroxylation is 1. The fourth-order valence-electron chi connectivity index (χ4n) is 3.40. The molecule has 2 aromatic carbocycles. The second-order valence-electron chi connectivity index (χ2n) is 7.09. The first-order valence-electron chi connectivity index (χ1n) is 8.97. The minimum atomic E-state index is -0.730. The van der Waals surface area contributed by atoms with Crippen LogP contribution in [0.2, 0.25) is 5.02 Å². The average Bonchev–Trinajstić information content (AvgIpc) is 2.92. The maximum Gasteiger partial charge on any atom is 0.294 e. The zero-order valence-corrected chi connectivity index (χ0v) is 16.9. The van der Waals surface area contributed by atoms with E-state index in [9.17, 15) is 14.7 Å². The van der Waals surface area contributed by atoms with Crippen molar-refractivity contribution in [2.24, 2.45) is 5.92 Å². The lowest BCUT2D eigenvalue weighted by Crippen LogP contribution is -2.31. The molecular weight excluding hydrogens is 378 g/mol. The summed E-state index contributed by atoms with van der Waals surface area (Å²) in [4.78, 5) is 27.2. The van der Waals surface area contributed by atoms with E-state index in [-0.39, 0.29) is 17.3 Å². The van der Waals surface area contributed by atoms with Crippen LogP contribution in [0, 0.1) is 12.8 Å². The minimum absolute atomic E-state index is 0.109. The van der Waals surface area contributed by atoms with Gasteiger partial charge in [0.15, 0.2) is 11.5 Å². The fraction of sp³-hybridized carbons (Fsp3) is 0.273. The van der Waals surface area contributed by atoms with Gasteiger partial charge < -0.3 is 9.84 Å².